The van der Waals surface area contributed by atoms with Crippen LogP contribution < -0.4 is 0 Å². The molecule has 2 aromatic heterocycles. The Morgan fingerprint density at radius 2 is 1.07 bits per heavy atom. The van der Waals surface area contributed by atoms with Gasteiger partial charge in [0.05, 0.1) is 16.7 Å². The van der Waals surface area contributed by atoms with Crippen molar-refractivity contribution in [1.82, 2.24) is 9.55 Å². The van der Waals surface area contributed by atoms with Gasteiger partial charge in [0.25, 0.3) is 0 Å². The van der Waals surface area contributed by atoms with Gasteiger partial charge in [0.15, 0.2) is 0 Å². The Labute approximate surface area is 312 Å². The van der Waals surface area contributed by atoms with Gasteiger partial charge in [-0.05, 0) is 103 Å². The molecule has 0 N–H and O–H groups in total. The van der Waals surface area contributed by atoms with E-state index in [1.807, 2.05) is 6.07 Å². The van der Waals surface area contributed by atoms with E-state index in [4.69, 9.17) is 9.40 Å². The highest BCUT2D eigenvalue weighted by molar-refractivity contribution is 6.25. The molecule has 0 aliphatic heterocycles. The molecule has 0 unspecified atom stereocenters. The van der Waals surface area contributed by atoms with Crippen LogP contribution in [-0.4, -0.2) is 9.55 Å². The molecular formula is C51H34N2O. The first-order valence-corrected chi connectivity index (χ1v) is 18.7. The number of aromatic nitrogens is 2. The van der Waals surface area contributed by atoms with Crippen LogP contribution in [0.3, 0.4) is 0 Å². The van der Waals surface area contributed by atoms with E-state index in [2.05, 4.69) is 181 Å². The molecule has 0 spiro atoms. The normalized spacial score (nSPS) is 11.9. The van der Waals surface area contributed by atoms with Gasteiger partial charge in [-0.15, -0.1) is 0 Å². The van der Waals surface area contributed by atoms with Crippen LogP contribution in [-0.2, 0) is 6.42 Å². The van der Waals surface area contributed by atoms with Gasteiger partial charge in [-0.2, -0.15) is 0 Å². The fraction of sp³-hybridized carbons (Fsp3) is 0.0392. The Morgan fingerprint density at radius 1 is 0.444 bits per heavy atom. The molecule has 9 aromatic carbocycles. The van der Waals surface area contributed by atoms with Gasteiger partial charge in [-0.3, -0.25) is 4.57 Å². The van der Waals surface area contributed by atoms with Gasteiger partial charge in [0.2, 0.25) is 0 Å². The summed E-state index contributed by atoms with van der Waals surface area (Å²) in [5, 5.41) is 9.57. The third-order valence-electron chi connectivity index (χ3n) is 11.2. The van der Waals surface area contributed by atoms with Crippen LogP contribution in [0, 0.1) is 0 Å². The van der Waals surface area contributed by atoms with E-state index < -0.39 is 0 Å². The van der Waals surface area contributed by atoms with Gasteiger partial charge in [-0.25, -0.2) is 4.98 Å². The van der Waals surface area contributed by atoms with Crippen molar-refractivity contribution >= 4 is 65.3 Å². The summed E-state index contributed by atoms with van der Waals surface area (Å²) in [6, 6.07) is 63.6. The average Bonchev–Trinajstić information content (AvgIpc) is 3.80. The molecule has 2 heterocycles. The van der Waals surface area contributed by atoms with Gasteiger partial charge in [-0.1, -0.05) is 140 Å². The second-order valence-corrected chi connectivity index (χ2v) is 14.1. The molecule has 0 bridgehead atoms. The van der Waals surface area contributed by atoms with Crippen molar-refractivity contribution in [3.05, 3.63) is 182 Å². The number of para-hydroxylation sites is 3. The van der Waals surface area contributed by atoms with E-state index in [1.165, 1.54) is 65.7 Å². The van der Waals surface area contributed by atoms with Crippen LogP contribution in [0.1, 0.15) is 12.7 Å². The number of hydrogen-bond acceptors (Lipinski definition) is 2. The number of fused-ring (bicyclic) bond motifs is 7. The third kappa shape index (κ3) is 4.58. The molecule has 0 saturated carbocycles. The van der Waals surface area contributed by atoms with Crippen LogP contribution in [0.25, 0.3) is 104 Å². The minimum atomic E-state index is 0.839. The van der Waals surface area contributed by atoms with Crippen molar-refractivity contribution in [2.75, 3.05) is 0 Å². The van der Waals surface area contributed by atoms with Crippen LogP contribution in [0.4, 0.5) is 0 Å². The maximum absolute atomic E-state index is 6.28. The summed E-state index contributed by atoms with van der Waals surface area (Å²) in [5.74, 6) is 1.06. The smallest absolute Gasteiger partial charge is 0.135 e. The zero-order chi connectivity index (χ0) is 35.8. The Balaban J connectivity index is 1.24. The van der Waals surface area contributed by atoms with E-state index in [1.54, 1.807) is 0 Å². The molecule has 11 aromatic rings. The monoisotopic (exact) mass is 690 g/mol. The first-order valence-electron chi connectivity index (χ1n) is 18.7. The number of furan rings is 1. The first-order chi connectivity index (χ1) is 26.7. The van der Waals surface area contributed by atoms with Gasteiger partial charge in [0, 0.05) is 22.6 Å². The second-order valence-electron chi connectivity index (χ2n) is 14.1. The number of imidazole rings is 1. The molecule has 0 fully saturated rings. The highest BCUT2D eigenvalue weighted by atomic mass is 16.3. The standard InChI is InChI=1S/C51H34N2O/c1-2-49-52-44-21-11-12-22-46(44)53(49)45-28-27-40(35-16-6-7-17-36(35)45)51-39-20-9-8-19-38(39)50(43-30-33(24-26-41(43)51)32-14-4-3-5-15-32)34-25-29-48-42(31-34)37-18-10-13-23-47(37)54-48/h3-31H,2H2,1H3. The highest BCUT2D eigenvalue weighted by Gasteiger charge is 2.21. The molecule has 11 rings (SSSR count). The van der Waals surface area contributed by atoms with E-state index >= 15 is 0 Å². The van der Waals surface area contributed by atoms with Gasteiger partial charge in [0.1, 0.15) is 17.0 Å². The summed E-state index contributed by atoms with van der Waals surface area (Å²) >= 11 is 0. The summed E-state index contributed by atoms with van der Waals surface area (Å²) < 4.78 is 8.63. The average molecular weight is 691 g/mol. The Kier molecular flexibility index (Phi) is 6.83. The zero-order valence-electron chi connectivity index (χ0n) is 29.8. The van der Waals surface area contributed by atoms with Crippen LogP contribution >= 0.6 is 0 Å². The minimum absolute atomic E-state index is 0.839. The fourth-order valence-electron chi connectivity index (χ4n) is 8.75. The van der Waals surface area contributed by atoms with Crippen molar-refractivity contribution in [3.8, 4) is 39.1 Å². The lowest BCUT2D eigenvalue weighted by Gasteiger charge is -2.21. The summed E-state index contributed by atoms with van der Waals surface area (Å²) in [7, 11) is 0. The molecule has 0 atom stereocenters. The SMILES string of the molecule is CCc1nc2ccccc2n1-c1ccc(-c2c3ccccc3c(-c3ccc4oc5ccccc5c4c3)c3cc(-c4ccccc4)ccc23)c2ccccc12. The summed E-state index contributed by atoms with van der Waals surface area (Å²) in [6.45, 7) is 2.19. The van der Waals surface area contributed by atoms with Crippen LogP contribution in [0.5, 0.6) is 0 Å². The maximum Gasteiger partial charge on any atom is 0.135 e. The van der Waals surface area contributed by atoms with Crippen LogP contribution in [0.15, 0.2) is 180 Å². The minimum Gasteiger partial charge on any atom is -0.456 e. The topological polar surface area (TPSA) is 31.0 Å². The summed E-state index contributed by atoms with van der Waals surface area (Å²) in [6.07, 6.45) is 0.839. The second kappa shape index (κ2) is 12.0. The van der Waals surface area contributed by atoms with E-state index in [0.29, 0.717) is 0 Å². The zero-order valence-corrected chi connectivity index (χ0v) is 29.8. The van der Waals surface area contributed by atoms with Crippen molar-refractivity contribution in [3.63, 3.8) is 0 Å². The number of hydrogen-bond donors (Lipinski definition) is 0. The number of benzene rings is 9. The van der Waals surface area contributed by atoms with E-state index in [-0.39, 0.29) is 0 Å². The molecule has 3 nitrogen and oxygen atoms in total. The van der Waals surface area contributed by atoms with Gasteiger partial charge >= 0.3 is 0 Å². The quantitative estimate of drug-likeness (QED) is 0.168. The lowest BCUT2D eigenvalue weighted by Crippen LogP contribution is -2.01. The van der Waals surface area contributed by atoms with Crippen molar-refractivity contribution in [1.29, 1.82) is 0 Å². The Bertz CT molecular complexity index is 3260. The largest absolute Gasteiger partial charge is 0.456 e. The Morgan fingerprint density at radius 3 is 1.91 bits per heavy atom. The van der Waals surface area contributed by atoms with Crippen molar-refractivity contribution < 1.29 is 4.42 Å². The maximum atomic E-state index is 6.28. The lowest BCUT2D eigenvalue weighted by molar-refractivity contribution is 0.669. The third-order valence-corrected chi connectivity index (χ3v) is 11.2. The summed E-state index contributed by atoms with van der Waals surface area (Å²) in [4.78, 5) is 5.04. The fourth-order valence-corrected chi connectivity index (χ4v) is 8.75. The molecule has 0 aliphatic carbocycles. The molecular weight excluding hydrogens is 657 g/mol. The lowest BCUT2D eigenvalue weighted by atomic mass is 9.83. The van der Waals surface area contributed by atoms with E-state index in [0.717, 1.165) is 50.9 Å². The number of nitrogens with zero attached hydrogens (tertiary/aromatic N) is 2. The first kappa shape index (κ1) is 30.6. The predicted molar refractivity (Wildman–Crippen MR) is 227 cm³/mol. The number of rotatable bonds is 5. The summed E-state index contributed by atoms with van der Waals surface area (Å²) in [5.41, 5.74) is 12.4. The Hall–Kier alpha value is -6.97. The molecule has 0 amide bonds. The van der Waals surface area contributed by atoms with E-state index in [9.17, 15) is 0 Å². The highest BCUT2D eigenvalue weighted by Crippen LogP contribution is 2.48. The van der Waals surface area contributed by atoms with Gasteiger partial charge < -0.3 is 4.42 Å². The molecule has 0 saturated heterocycles. The molecule has 254 valence electrons. The van der Waals surface area contributed by atoms with Crippen molar-refractivity contribution in [2.45, 2.75) is 13.3 Å². The number of aryl methyl sites for hydroxylation is 1. The van der Waals surface area contributed by atoms with Crippen LogP contribution in [0.2, 0.25) is 0 Å². The molecule has 0 aliphatic rings. The molecule has 0 radical (unpaired) electrons. The molecule has 54 heavy (non-hydrogen) atoms. The van der Waals surface area contributed by atoms with Crippen molar-refractivity contribution in [2.24, 2.45) is 0 Å². The predicted octanol–water partition coefficient (Wildman–Crippen LogP) is 13.9. The molecule has 3 heteroatoms.